The van der Waals surface area contributed by atoms with E-state index < -0.39 is 0 Å². The highest BCUT2D eigenvalue weighted by Crippen LogP contribution is 2.19. The van der Waals surface area contributed by atoms with Crippen LogP contribution in [0.1, 0.15) is 12.0 Å². The van der Waals surface area contributed by atoms with E-state index in [4.69, 9.17) is 10.5 Å². The first-order valence-electron chi connectivity index (χ1n) is 4.48. The number of ether oxygens (including phenoxy) is 1. The number of nitrogen functional groups attached to an aromatic ring is 1. The summed E-state index contributed by atoms with van der Waals surface area (Å²) in [4.78, 5) is 0. The van der Waals surface area contributed by atoms with Gasteiger partial charge in [0.1, 0.15) is 5.75 Å². The highest BCUT2D eigenvalue weighted by atomic mass is 32.1. The highest BCUT2D eigenvalue weighted by Gasteiger charge is 1.95. The van der Waals surface area contributed by atoms with Crippen molar-refractivity contribution >= 4 is 24.4 Å². The Morgan fingerprint density at radius 2 is 2.21 bits per heavy atom. The molecule has 0 radical (unpaired) electrons. The molecule has 0 unspecified atom stereocenters. The quantitative estimate of drug-likeness (QED) is 0.590. The summed E-state index contributed by atoms with van der Waals surface area (Å²) in [5, 5.41) is 0. The second-order valence-corrected chi connectivity index (χ2v) is 3.40. The van der Waals surface area contributed by atoms with Crippen molar-refractivity contribution in [2.24, 2.45) is 0 Å². The first-order valence-corrected chi connectivity index (χ1v) is 5.11. The van der Waals surface area contributed by atoms with E-state index in [1.807, 2.05) is 18.2 Å². The van der Waals surface area contributed by atoms with Crippen molar-refractivity contribution in [3.05, 3.63) is 29.8 Å². The molecule has 0 fully saturated rings. The number of rotatable bonds is 4. The molecule has 3 heteroatoms. The lowest BCUT2D eigenvalue weighted by molar-refractivity contribution is 0.415. The Kier molecular flexibility index (Phi) is 4.40. The maximum absolute atomic E-state index is 5.71. The maximum Gasteiger partial charge on any atom is 0.121 e. The number of anilines is 1. The van der Waals surface area contributed by atoms with Crippen molar-refractivity contribution in [1.82, 2.24) is 0 Å². The molecular weight excluding hydrogens is 194 g/mol. The molecule has 2 nitrogen and oxygen atoms in total. The van der Waals surface area contributed by atoms with Gasteiger partial charge in [-0.2, -0.15) is 12.6 Å². The van der Waals surface area contributed by atoms with Crippen LogP contribution < -0.4 is 10.5 Å². The Bertz CT molecular complexity index is 323. The van der Waals surface area contributed by atoms with Crippen LogP contribution in [0, 0.1) is 0 Å². The van der Waals surface area contributed by atoms with Gasteiger partial charge < -0.3 is 10.5 Å². The standard InChI is InChI=1S/C11H15NOS/c1-13-11-7-9(4-2-3-5-14)6-10(12)8-11/h2,4,6-8,14H,3,5,12H2,1H3. The smallest absolute Gasteiger partial charge is 0.121 e. The molecule has 0 aliphatic heterocycles. The molecule has 1 rings (SSSR count). The zero-order chi connectivity index (χ0) is 10.4. The number of nitrogens with two attached hydrogens (primary N) is 1. The third-order valence-corrected chi connectivity index (χ3v) is 2.05. The Morgan fingerprint density at radius 1 is 1.43 bits per heavy atom. The van der Waals surface area contributed by atoms with E-state index in [1.54, 1.807) is 13.2 Å². The number of hydrogen-bond donors (Lipinski definition) is 2. The average Bonchev–Trinajstić information content (AvgIpc) is 2.17. The van der Waals surface area contributed by atoms with E-state index in [1.165, 1.54) is 0 Å². The van der Waals surface area contributed by atoms with E-state index in [-0.39, 0.29) is 0 Å². The van der Waals surface area contributed by atoms with E-state index in [0.717, 1.165) is 29.2 Å². The van der Waals surface area contributed by atoms with E-state index in [9.17, 15) is 0 Å². The van der Waals surface area contributed by atoms with E-state index >= 15 is 0 Å². The summed E-state index contributed by atoms with van der Waals surface area (Å²) in [5.41, 5.74) is 7.49. The van der Waals surface area contributed by atoms with Gasteiger partial charge in [0.15, 0.2) is 0 Å². The van der Waals surface area contributed by atoms with Gasteiger partial charge in [0.2, 0.25) is 0 Å². The molecular formula is C11H15NOS. The second-order valence-electron chi connectivity index (χ2n) is 2.95. The van der Waals surface area contributed by atoms with Gasteiger partial charge >= 0.3 is 0 Å². The van der Waals surface area contributed by atoms with Crippen molar-refractivity contribution in [1.29, 1.82) is 0 Å². The Hall–Kier alpha value is -1.09. The predicted molar refractivity (Wildman–Crippen MR) is 64.9 cm³/mol. The Balaban J connectivity index is 2.81. The van der Waals surface area contributed by atoms with Crippen LogP contribution in [0.4, 0.5) is 5.69 Å². The lowest BCUT2D eigenvalue weighted by Crippen LogP contribution is -1.89. The van der Waals surface area contributed by atoms with Crippen LogP contribution in [-0.2, 0) is 0 Å². The van der Waals surface area contributed by atoms with Gasteiger partial charge in [-0.1, -0.05) is 12.2 Å². The number of allylic oxidation sites excluding steroid dienone is 1. The third-order valence-electron chi connectivity index (χ3n) is 1.79. The molecule has 0 saturated heterocycles. The molecule has 2 N–H and O–H groups in total. The van der Waals surface area contributed by atoms with Crippen molar-refractivity contribution in [3.8, 4) is 5.75 Å². The van der Waals surface area contributed by atoms with Crippen LogP contribution in [-0.4, -0.2) is 12.9 Å². The van der Waals surface area contributed by atoms with Gasteiger partial charge in [-0.3, -0.25) is 0 Å². The molecule has 1 aromatic carbocycles. The first-order chi connectivity index (χ1) is 6.76. The molecule has 0 amide bonds. The number of thiol groups is 1. The van der Waals surface area contributed by atoms with Gasteiger partial charge in [0.05, 0.1) is 7.11 Å². The normalized spacial score (nSPS) is 10.7. The third kappa shape index (κ3) is 3.34. The van der Waals surface area contributed by atoms with Crippen LogP contribution in [0.15, 0.2) is 24.3 Å². The van der Waals surface area contributed by atoms with Crippen LogP contribution in [0.2, 0.25) is 0 Å². The van der Waals surface area contributed by atoms with Crippen molar-refractivity contribution in [2.75, 3.05) is 18.6 Å². The summed E-state index contributed by atoms with van der Waals surface area (Å²) in [6.07, 6.45) is 5.05. The Labute approximate surface area is 90.2 Å². The van der Waals surface area contributed by atoms with Crippen molar-refractivity contribution < 1.29 is 4.74 Å². The molecule has 0 heterocycles. The van der Waals surface area contributed by atoms with Gasteiger partial charge in [-0.25, -0.2) is 0 Å². The minimum absolute atomic E-state index is 0.717. The summed E-state index contributed by atoms with van der Waals surface area (Å²) in [6.45, 7) is 0. The molecule has 0 saturated carbocycles. The molecule has 14 heavy (non-hydrogen) atoms. The monoisotopic (exact) mass is 209 g/mol. The second kappa shape index (κ2) is 5.60. The number of methoxy groups -OCH3 is 1. The van der Waals surface area contributed by atoms with Gasteiger partial charge in [0.25, 0.3) is 0 Å². The molecule has 0 aliphatic carbocycles. The fourth-order valence-corrected chi connectivity index (χ4v) is 1.30. The van der Waals surface area contributed by atoms with Crippen LogP contribution in [0.3, 0.4) is 0 Å². The van der Waals surface area contributed by atoms with E-state index in [2.05, 4.69) is 18.7 Å². The van der Waals surface area contributed by atoms with Crippen LogP contribution >= 0.6 is 12.6 Å². The maximum atomic E-state index is 5.71. The minimum atomic E-state index is 0.717. The van der Waals surface area contributed by atoms with E-state index in [0.29, 0.717) is 0 Å². The molecule has 0 bridgehead atoms. The lowest BCUT2D eigenvalue weighted by Gasteiger charge is -2.02. The van der Waals surface area contributed by atoms with Crippen LogP contribution in [0.5, 0.6) is 5.75 Å². The fourth-order valence-electron chi connectivity index (χ4n) is 1.15. The number of benzene rings is 1. The lowest BCUT2D eigenvalue weighted by atomic mass is 10.1. The van der Waals surface area contributed by atoms with Crippen molar-refractivity contribution in [2.45, 2.75) is 6.42 Å². The van der Waals surface area contributed by atoms with Gasteiger partial charge in [-0.05, 0) is 29.9 Å². The van der Waals surface area contributed by atoms with Crippen LogP contribution in [0.25, 0.3) is 6.08 Å². The highest BCUT2D eigenvalue weighted by molar-refractivity contribution is 7.80. The fraction of sp³-hybridized carbons (Fsp3) is 0.273. The predicted octanol–water partition coefficient (Wildman–Crippen LogP) is 2.61. The van der Waals surface area contributed by atoms with Gasteiger partial charge in [-0.15, -0.1) is 0 Å². The molecule has 0 aromatic heterocycles. The first kappa shape index (κ1) is 11.0. The van der Waals surface area contributed by atoms with Gasteiger partial charge in [0, 0.05) is 11.8 Å². The molecule has 0 atom stereocenters. The summed E-state index contributed by atoms with van der Waals surface area (Å²) >= 11 is 4.13. The minimum Gasteiger partial charge on any atom is -0.497 e. The zero-order valence-electron chi connectivity index (χ0n) is 8.23. The molecule has 76 valence electrons. The summed E-state index contributed by atoms with van der Waals surface area (Å²) in [7, 11) is 1.63. The Morgan fingerprint density at radius 3 is 2.86 bits per heavy atom. The number of hydrogen-bond acceptors (Lipinski definition) is 3. The molecule has 0 spiro atoms. The summed E-state index contributed by atoms with van der Waals surface area (Å²) in [6, 6.07) is 5.67. The molecule has 0 aliphatic rings. The average molecular weight is 209 g/mol. The largest absolute Gasteiger partial charge is 0.497 e. The zero-order valence-corrected chi connectivity index (χ0v) is 9.13. The summed E-state index contributed by atoms with van der Waals surface area (Å²) in [5.74, 6) is 1.64. The molecule has 1 aromatic rings. The SMILES string of the molecule is COc1cc(N)cc(C=CCCS)c1. The summed E-state index contributed by atoms with van der Waals surface area (Å²) < 4.78 is 5.11. The topological polar surface area (TPSA) is 35.2 Å². The van der Waals surface area contributed by atoms with Crippen molar-refractivity contribution in [3.63, 3.8) is 0 Å².